The summed E-state index contributed by atoms with van der Waals surface area (Å²) < 4.78 is 5.33. The maximum absolute atomic E-state index is 5.33. The Labute approximate surface area is 174 Å². The number of halogens is 1. The highest BCUT2D eigenvalue weighted by atomic mass is 127. The van der Waals surface area contributed by atoms with Crippen LogP contribution in [0, 0.1) is 0 Å². The number of hydrogen-bond acceptors (Lipinski definition) is 3. The molecule has 1 unspecified atom stereocenters. The first-order valence-corrected chi connectivity index (χ1v) is 8.90. The zero-order valence-electron chi connectivity index (χ0n) is 15.9. The Kier molecular flexibility index (Phi) is 11.0. The summed E-state index contributed by atoms with van der Waals surface area (Å²) in [6.07, 6.45) is 3.61. The second-order valence-corrected chi connectivity index (χ2v) is 6.29. The van der Waals surface area contributed by atoms with Gasteiger partial charge in [0.15, 0.2) is 5.96 Å². The van der Waals surface area contributed by atoms with Gasteiger partial charge in [-0.05, 0) is 38.1 Å². The van der Waals surface area contributed by atoms with Crippen LogP contribution in [0.15, 0.2) is 58.1 Å². The highest BCUT2D eigenvalue weighted by Crippen LogP contribution is 2.07. The Hall–Kier alpha value is -1.54. The van der Waals surface area contributed by atoms with Crippen LogP contribution in [-0.2, 0) is 13.0 Å². The van der Waals surface area contributed by atoms with Gasteiger partial charge < -0.3 is 15.1 Å². The van der Waals surface area contributed by atoms with Gasteiger partial charge in [0, 0.05) is 39.1 Å². The number of benzene rings is 1. The van der Waals surface area contributed by atoms with Gasteiger partial charge in [0.25, 0.3) is 0 Å². The van der Waals surface area contributed by atoms with Crippen LogP contribution in [0.4, 0.5) is 0 Å². The molecule has 26 heavy (non-hydrogen) atoms. The molecule has 2 rings (SSSR count). The minimum Gasteiger partial charge on any atom is -0.469 e. The molecule has 1 aromatic carbocycles. The third-order valence-electron chi connectivity index (χ3n) is 4.35. The molecule has 6 heteroatoms. The lowest BCUT2D eigenvalue weighted by Gasteiger charge is -2.25. The molecule has 0 saturated heterocycles. The molecule has 0 radical (unpaired) electrons. The first kappa shape index (κ1) is 22.5. The number of guanidine groups is 1. The number of nitrogens with one attached hydrogen (secondary N) is 2. The van der Waals surface area contributed by atoms with Crippen molar-refractivity contribution in [3.8, 4) is 0 Å². The van der Waals surface area contributed by atoms with Crippen LogP contribution in [0.2, 0.25) is 0 Å². The molecule has 0 saturated carbocycles. The van der Waals surface area contributed by atoms with Crippen LogP contribution >= 0.6 is 24.0 Å². The molecule has 5 nitrogen and oxygen atoms in total. The fraction of sp³-hybridized carbons (Fsp3) is 0.450. The van der Waals surface area contributed by atoms with E-state index >= 15 is 0 Å². The van der Waals surface area contributed by atoms with Gasteiger partial charge in [-0.25, -0.2) is 0 Å². The average Bonchev–Trinajstić information content (AvgIpc) is 3.14. The van der Waals surface area contributed by atoms with Gasteiger partial charge in [-0.3, -0.25) is 9.89 Å². The highest BCUT2D eigenvalue weighted by Gasteiger charge is 2.09. The van der Waals surface area contributed by atoms with E-state index in [0.717, 1.165) is 44.2 Å². The summed E-state index contributed by atoms with van der Waals surface area (Å²) >= 11 is 0. The molecule has 0 spiro atoms. The van der Waals surface area contributed by atoms with Crippen molar-refractivity contribution in [1.29, 1.82) is 0 Å². The minimum absolute atomic E-state index is 0. The smallest absolute Gasteiger partial charge is 0.190 e. The Morgan fingerprint density at radius 2 is 1.85 bits per heavy atom. The summed E-state index contributed by atoms with van der Waals surface area (Å²) in [6, 6.07) is 15.0. The van der Waals surface area contributed by atoms with Gasteiger partial charge in [-0.1, -0.05) is 30.3 Å². The molecular weight excluding hydrogens is 439 g/mol. The van der Waals surface area contributed by atoms with Gasteiger partial charge in [0.2, 0.25) is 0 Å². The van der Waals surface area contributed by atoms with Crippen molar-refractivity contribution in [2.24, 2.45) is 4.99 Å². The van der Waals surface area contributed by atoms with E-state index in [9.17, 15) is 0 Å². The van der Waals surface area contributed by atoms with Gasteiger partial charge >= 0.3 is 0 Å². The zero-order chi connectivity index (χ0) is 17.9. The van der Waals surface area contributed by atoms with Crippen LogP contribution < -0.4 is 10.6 Å². The second-order valence-electron chi connectivity index (χ2n) is 6.29. The lowest BCUT2D eigenvalue weighted by molar-refractivity contribution is 0.238. The number of rotatable bonds is 9. The zero-order valence-corrected chi connectivity index (χ0v) is 18.3. The monoisotopic (exact) mass is 470 g/mol. The Morgan fingerprint density at radius 3 is 2.50 bits per heavy atom. The van der Waals surface area contributed by atoms with E-state index in [-0.39, 0.29) is 24.0 Å². The fourth-order valence-electron chi connectivity index (χ4n) is 2.63. The van der Waals surface area contributed by atoms with Crippen molar-refractivity contribution < 1.29 is 4.42 Å². The number of aliphatic imine (C=N–C) groups is 1. The SMILES string of the molecule is CN=C(NCCc1ccco1)NCCC(C)N(C)Cc1ccccc1.I. The molecule has 2 aromatic rings. The maximum Gasteiger partial charge on any atom is 0.190 e. The highest BCUT2D eigenvalue weighted by molar-refractivity contribution is 14.0. The van der Waals surface area contributed by atoms with Crippen LogP contribution in [-0.4, -0.2) is 44.1 Å². The first-order valence-electron chi connectivity index (χ1n) is 8.90. The Bertz CT molecular complexity index is 616. The van der Waals surface area contributed by atoms with E-state index in [1.54, 1.807) is 13.3 Å². The van der Waals surface area contributed by atoms with Crippen LogP contribution in [0.25, 0.3) is 0 Å². The number of nitrogens with zero attached hydrogens (tertiary/aromatic N) is 2. The summed E-state index contributed by atoms with van der Waals surface area (Å²) in [6.45, 7) is 4.92. The third kappa shape index (κ3) is 8.23. The normalized spacial score (nSPS) is 12.5. The number of furan rings is 1. The van der Waals surface area contributed by atoms with Crippen molar-refractivity contribution in [2.45, 2.75) is 32.4 Å². The van der Waals surface area contributed by atoms with Gasteiger partial charge in [-0.15, -0.1) is 24.0 Å². The van der Waals surface area contributed by atoms with Gasteiger partial charge in [0.05, 0.1) is 6.26 Å². The van der Waals surface area contributed by atoms with Gasteiger partial charge in [0.1, 0.15) is 5.76 Å². The fourth-order valence-corrected chi connectivity index (χ4v) is 2.63. The Balaban J connectivity index is 0.00000338. The van der Waals surface area contributed by atoms with E-state index < -0.39 is 0 Å². The molecule has 0 aliphatic rings. The average molecular weight is 470 g/mol. The maximum atomic E-state index is 5.33. The third-order valence-corrected chi connectivity index (χ3v) is 4.35. The molecule has 1 atom stereocenters. The van der Waals surface area contributed by atoms with Gasteiger partial charge in [-0.2, -0.15) is 0 Å². The van der Waals surface area contributed by atoms with E-state index in [4.69, 9.17) is 4.42 Å². The molecule has 2 N–H and O–H groups in total. The van der Waals surface area contributed by atoms with Crippen molar-refractivity contribution in [1.82, 2.24) is 15.5 Å². The summed E-state index contributed by atoms with van der Waals surface area (Å²) in [7, 11) is 3.97. The van der Waals surface area contributed by atoms with E-state index in [2.05, 4.69) is 64.8 Å². The van der Waals surface area contributed by atoms with Crippen LogP contribution in [0.3, 0.4) is 0 Å². The summed E-state index contributed by atoms with van der Waals surface area (Å²) in [5, 5.41) is 6.70. The van der Waals surface area contributed by atoms with Crippen LogP contribution in [0.5, 0.6) is 0 Å². The van der Waals surface area contributed by atoms with Crippen molar-refractivity contribution >= 4 is 29.9 Å². The lowest BCUT2D eigenvalue weighted by Crippen LogP contribution is -2.40. The van der Waals surface area contributed by atoms with E-state index in [0.29, 0.717) is 6.04 Å². The Morgan fingerprint density at radius 1 is 1.12 bits per heavy atom. The second kappa shape index (κ2) is 12.8. The molecule has 0 bridgehead atoms. The van der Waals surface area contributed by atoms with Crippen LogP contribution in [0.1, 0.15) is 24.7 Å². The first-order chi connectivity index (χ1) is 12.2. The predicted octanol–water partition coefficient (Wildman–Crippen LogP) is 3.52. The molecule has 0 aliphatic carbocycles. The summed E-state index contributed by atoms with van der Waals surface area (Å²) in [5.41, 5.74) is 1.35. The topological polar surface area (TPSA) is 52.8 Å². The van der Waals surface area contributed by atoms with Crippen molar-refractivity contribution in [2.75, 3.05) is 27.2 Å². The van der Waals surface area contributed by atoms with E-state index in [1.807, 2.05) is 12.1 Å². The number of hydrogen-bond donors (Lipinski definition) is 2. The molecular formula is C20H31IN4O. The standard InChI is InChI=1S/C20H30N4O.HI/c1-17(24(3)16-18-8-5-4-6-9-18)11-13-22-20(21-2)23-14-12-19-10-7-15-25-19;/h4-10,15,17H,11-14,16H2,1-3H3,(H2,21,22,23);1H. The molecule has 1 heterocycles. The summed E-state index contributed by atoms with van der Waals surface area (Å²) in [4.78, 5) is 6.65. The van der Waals surface area contributed by atoms with E-state index in [1.165, 1.54) is 5.56 Å². The quantitative estimate of drug-likeness (QED) is 0.335. The lowest BCUT2D eigenvalue weighted by atomic mass is 10.1. The molecule has 0 fully saturated rings. The van der Waals surface area contributed by atoms with Crippen molar-refractivity contribution in [3.63, 3.8) is 0 Å². The minimum atomic E-state index is 0. The molecule has 0 aliphatic heterocycles. The molecule has 144 valence electrons. The summed E-state index contributed by atoms with van der Waals surface area (Å²) in [5.74, 6) is 1.82. The molecule has 1 aromatic heterocycles. The largest absolute Gasteiger partial charge is 0.469 e. The van der Waals surface area contributed by atoms with Crippen molar-refractivity contribution in [3.05, 3.63) is 60.1 Å². The predicted molar refractivity (Wildman–Crippen MR) is 119 cm³/mol. The molecule has 0 amide bonds.